The summed E-state index contributed by atoms with van der Waals surface area (Å²) < 4.78 is 0. The molecule has 0 aliphatic rings. The second kappa shape index (κ2) is 24.7. The average Bonchev–Trinajstić information content (AvgIpc) is 3.11. The van der Waals surface area contributed by atoms with Gasteiger partial charge in [-0.25, -0.2) is 0 Å². The Bertz CT molecular complexity index is 1440. The van der Waals surface area contributed by atoms with Gasteiger partial charge in [-0.2, -0.15) is 0 Å². The first kappa shape index (κ1) is 58.7. The zero-order valence-electron chi connectivity index (χ0n) is 44.0. The number of hydrogen-bond acceptors (Lipinski definition) is 9. The van der Waals surface area contributed by atoms with E-state index >= 15 is 4.79 Å². The molecule has 0 saturated carbocycles. The van der Waals surface area contributed by atoms with E-state index < -0.39 is 41.7 Å². The lowest BCUT2D eigenvalue weighted by atomic mass is 9.83. The van der Waals surface area contributed by atoms with Gasteiger partial charge < -0.3 is 29.4 Å². The number of amides is 6. The minimum absolute atomic E-state index is 0.000532. The van der Waals surface area contributed by atoms with Crippen LogP contribution in [-0.2, 0) is 28.8 Å². The van der Waals surface area contributed by atoms with Crippen LogP contribution in [0, 0.1) is 40.9 Å². The van der Waals surface area contributed by atoms with Crippen LogP contribution >= 0.6 is 0 Å². The molecule has 0 aliphatic heterocycles. The standard InChI is InChI=1S/C47H93N9O6/c1-29(2)37(30(3)4)43(59)54(23)35(27-52(21)45(61)39(32(7)8)49(16)17)42(58)56(25)36(47(11,12)13)28-53(22)41(57)34(55(24)46(62)40(33(9)10)50(18)19)26-51(20)44(60)38(31(5)6)48(14)15/h29-40H,26-28H2,1-25H3. The van der Waals surface area contributed by atoms with Crippen LogP contribution < -0.4 is 0 Å². The van der Waals surface area contributed by atoms with Gasteiger partial charge in [-0.3, -0.25) is 43.5 Å². The van der Waals surface area contributed by atoms with Crippen LogP contribution in [0.5, 0.6) is 0 Å². The maximum atomic E-state index is 15.1. The Hall–Kier alpha value is -3.30. The summed E-state index contributed by atoms with van der Waals surface area (Å²) >= 11 is 0. The van der Waals surface area contributed by atoms with Crippen molar-refractivity contribution >= 4 is 35.4 Å². The lowest BCUT2D eigenvalue weighted by Crippen LogP contribution is -2.62. The number of nitrogens with zero attached hydrogens (tertiary/aromatic N) is 9. The van der Waals surface area contributed by atoms with Gasteiger partial charge in [0.1, 0.15) is 12.1 Å². The molecule has 0 spiro atoms. The van der Waals surface area contributed by atoms with Crippen LogP contribution in [0.3, 0.4) is 0 Å². The zero-order valence-corrected chi connectivity index (χ0v) is 44.0. The van der Waals surface area contributed by atoms with Crippen molar-refractivity contribution in [2.75, 3.05) is 104 Å². The Morgan fingerprint density at radius 2 is 0.645 bits per heavy atom. The lowest BCUT2D eigenvalue weighted by Gasteiger charge is -2.44. The summed E-state index contributed by atoms with van der Waals surface area (Å²) in [5, 5.41) is 0. The first-order chi connectivity index (χ1) is 28.1. The molecular formula is C47H93N9O6. The van der Waals surface area contributed by atoms with Gasteiger partial charge in [0.25, 0.3) is 0 Å². The molecule has 62 heavy (non-hydrogen) atoms. The number of hydrogen-bond donors (Lipinski definition) is 0. The lowest BCUT2D eigenvalue weighted by molar-refractivity contribution is -0.154. The second-order valence-corrected chi connectivity index (χ2v) is 21.4. The molecule has 0 aromatic heterocycles. The molecule has 0 aromatic carbocycles. The van der Waals surface area contributed by atoms with Crippen molar-refractivity contribution in [2.45, 2.75) is 126 Å². The van der Waals surface area contributed by atoms with Gasteiger partial charge in [-0.1, -0.05) is 90.0 Å². The molecule has 0 rings (SSSR count). The molecule has 0 aromatic rings. The van der Waals surface area contributed by atoms with Crippen LogP contribution in [-0.4, -0.2) is 220 Å². The Kier molecular flexibility index (Phi) is 23.4. The van der Waals surface area contributed by atoms with E-state index in [0.29, 0.717) is 0 Å². The van der Waals surface area contributed by atoms with E-state index in [9.17, 15) is 24.0 Å². The third-order valence-electron chi connectivity index (χ3n) is 12.5. The number of carbonyl (C=O) groups excluding carboxylic acids is 6. The Morgan fingerprint density at radius 3 is 0.935 bits per heavy atom. The van der Waals surface area contributed by atoms with Crippen LogP contribution in [0.2, 0.25) is 0 Å². The van der Waals surface area contributed by atoms with Gasteiger partial charge in [0, 0.05) is 67.8 Å². The summed E-state index contributed by atoms with van der Waals surface area (Å²) in [6, 6.07) is -4.02. The van der Waals surface area contributed by atoms with Crippen LogP contribution in [0.1, 0.15) is 90.0 Å². The molecule has 0 radical (unpaired) electrons. The van der Waals surface area contributed by atoms with Gasteiger partial charge >= 0.3 is 0 Å². The molecule has 0 N–H and O–H groups in total. The van der Waals surface area contributed by atoms with Gasteiger partial charge in [-0.05, 0) is 77.3 Å². The number of carbonyl (C=O) groups is 6. The van der Waals surface area contributed by atoms with Gasteiger partial charge in [0.2, 0.25) is 35.4 Å². The highest BCUT2D eigenvalue weighted by molar-refractivity contribution is 5.92. The smallest absolute Gasteiger partial charge is 0.247 e. The fourth-order valence-corrected chi connectivity index (χ4v) is 9.25. The van der Waals surface area contributed by atoms with Crippen molar-refractivity contribution in [1.82, 2.24) is 44.1 Å². The summed E-state index contributed by atoms with van der Waals surface area (Å²) in [5.74, 6) is -1.85. The van der Waals surface area contributed by atoms with Crippen molar-refractivity contribution in [3.05, 3.63) is 0 Å². The first-order valence-corrected chi connectivity index (χ1v) is 22.6. The molecule has 6 atom stereocenters. The number of likely N-dealkylation sites (N-methyl/N-ethyl adjacent to an activating group) is 9. The predicted octanol–water partition coefficient (Wildman–Crippen LogP) is 3.58. The number of rotatable bonds is 23. The maximum absolute atomic E-state index is 15.1. The molecule has 0 aliphatic carbocycles. The van der Waals surface area contributed by atoms with Crippen molar-refractivity contribution in [1.29, 1.82) is 0 Å². The maximum Gasteiger partial charge on any atom is 0.247 e. The molecule has 15 nitrogen and oxygen atoms in total. The molecule has 15 heteroatoms. The minimum Gasteiger partial charge on any atom is -0.342 e. The molecule has 0 heterocycles. The van der Waals surface area contributed by atoms with E-state index in [2.05, 4.69) is 0 Å². The highest BCUT2D eigenvalue weighted by Gasteiger charge is 2.43. The Balaban J connectivity index is 7.39. The zero-order chi connectivity index (χ0) is 49.2. The molecular weight excluding hydrogens is 787 g/mol. The fraction of sp³-hybridized carbons (Fsp3) is 0.872. The molecule has 6 amide bonds. The SMILES string of the molecule is CC(C)C(C(=O)N(C)C(CN(C)C(=O)C(C(C)C)N(C)C)C(=O)N(C)C(CN(C)C(=O)C(CN(C)C(=O)C(C(C)C)N(C)C)N(C)C(=O)C(C(C)C)N(C)C)C(C)(C)C)C(C)C. The highest BCUT2D eigenvalue weighted by atomic mass is 16.2. The molecule has 0 saturated heterocycles. The van der Waals surface area contributed by atoms with Gasteiger partial charge in [0.15, 0.2) is 0 Å². The van der Waals surface area contributed by atoms with E-state index in [1.54, 1.807) is 61.9 Å². The van der Waals surface area contributed by atoms with Gasteiger partial charge in [0.05, 0.1) is 24.2 Å². The largest absolute Gasteiger partial charge is 0.342 e. The predicted molar refractivity (Wildman–Crippen MR) is 252 cm³/mol. The summed E-state index contributed by atoms with van der Waals surface area (Å²) in [6.45, 7) is 25.8. The van der Waals surface area contributed by atoms with Crippen molar-refractivity contribution < 1.29 is 28.8 Å². The Labute approximate surface area is 378 Å². The molecule has 6 unspecified atom stereocenters. The summed E-state index contributed by atoms with van der Waals surface area (Å²) in [5.41, 5.74) is -0.576. The van der Waals surface area contributed by atoms with E-state index in [-0.39, 0.29) is 90.6 Å². The normalized spacial score (nSPS) is 15.4. The van der Waals surface area contributed by atoms with E-state index in [0.717, 1.165) is 0 Å². The third-order valence-corrected chi connectivity index (χ3v) is 12.5. The summed E-state index contributed by atoms with van der Waals surface area (Å²) in [7, 11) is 21.1. The molecule has 0 fully saturated rings. The molecule has 362 valence electrons. The van der Waals surface area contributed by atoms with Crippen molar-refractivity contribution in [2.24, 2.45) is 40.9 Å². The third kappa shape index (κ3) is 15.5. The minimum atomic E-state index is -1.04. The topological polar surface area (TPSA) is 132 Å². The summed E-state index contributed by atoms with van der Waals surface area (Å²) in [6.07, 6.45) is 0. The monoisotopic (exact) mass is 880 g/mol. The van der Waals surface area contributed by atoms with Crippen LogP contribution in [0.15, 0.2) is 0 Å². The first-order valence-electron chi connectivity index (χ1n) is 22.6. The highest BCUT2D eigenvalue weighted by Crippen LogP contribution is 2.28. The Morgan fingerprint density at radius 1 is 0.355 bits per heavy atom. The van der Waals surface area contributed by atoms with E-state index in [4.69, 9.17) is 0 Å². The fourth-order valence-electron chi connectivity index (χ4n) is 9.25. The second-order valence-electron chi connectivity index (χ2n) is 21.4. The average molecular weight is 880 g/mol. The van der Waals surface area contributed by atoms with E-state index in [1.807, 2.05) is 147 Å². The van der Waals surface area contributed by atoms with Gasteiger partial charge in [-0.15, -0.1) is 0 Å². The quantitative estimate of drug-likeness (QED) is 0.151. The van der Waals surface area contributed by atoms with Crippen LogP contribution in [0.25, 0.3) is 0 Å². The molecule has 0 bridgehead atoms. The summed E-state index contributed by atoms with van der Waals surface area (Å²) in [4.78, 5) is 101. The van der Waals surface area contributed by atoms with Crippen molar-refractivity contribution in [3.63, 3.8) is 0 Å². The van der Waals surface area contributed by atoms with Crippen molar-refractivity contribution in [3.8, 4) is 0 Å². The van der Waals surface area contributed by atoms with E-state index in [1.165, 1.54) is 9.80 Å². The van der Waals surface area contributed by atoms with Crippen LogP contribution in [0.4, 0.5) is 0 Å².